The van der Waals surface area contributed by atoms with E-state index in [1.165, 1.54) is 0 Å². The van der Waals surface area contributed by atoms with Crippen LogP contribution in [0.3, 0.4) is 0 Å². The number of hydrogen-bond acceptors (Lipinski definition) is 2. The molecule has 0 amide bonds. The van der Waals surface area contributed by atoms with Crippen molar-refractivity contribution in [1.82, 2.24) is 0 Å². The van der Waals surface area contributed by atoms with Gasteiger partial charge in [-0.3, -0.25) is 4.79 Å². The third-order valence-electron chi connectivity index (χ3n) is 2.82. The third-order valence-corrected chi connectivity index (χ3v) is 2.82. The lowest BCUT2D eigenvalue weighted by molar-refractivity contribution is -0.137. The number of carbonyl (C=O) groups is 1. The Bertz CT molecular complexity index is 709. The minimum absolute atomic E-state index is 0.253. The van der Waals surface area contributed by atoms with Gasteiger partial charge in [0, 0.05) is 11.3 Å². The predicted octanol–water partition coefficient (Wildman–Crippen LogP) is 3.80. The molecule has 0 unspecified atom stereocenters. The Kier molecular flexibility index (Phi) is 3.67. The van der Waals surface area contributed by atoms with Gasteiger partial charge in [-0.2, -0.15) is 13.2 Å². The van der Waals surface area contributed by atoms with Gasteiger partial charge in [0.1, 0.15) is 0 Å². The van der Waals surface area contributed by atoms with Crippen LogP contribution in [0.1, 0.15) is 21.5 Å². The van der Waals surface area contributed by atoms with E-state index in [-0.39, 0.29) is 5.69 Å². The molecule has 2 aromatic rings. The summed E-state index contributed by atoms with van der Waals surface area (Å²) in [5, 5.41) is 0. The third kappa shape index (κ3) is 2.86. The molecule has 0 heterocycles. The number of rotatable bonds is 2. The molecule has 0 saturated carbocycles. The standard InChI is InChI=1S/C14H8F5NO/c15-10-3-1-2-8(12(10)16)13(21)9-6-7(14(17,18)19)4-5-11(9)20/h1-6H,20H2. The lowest BCUT2D eigenvalue weighted by atomic mass is 9.99. The van der Waals surface area contributed by atoms with Crippen molar-refractivity contribution >= 4 is 11.5 Å². The summed E-state index contributed by atoms with van der Waals surface area (Å²) in [7, 11) is 0. The fourth-order valence-electron chi connectivity index (χ4n) is 1.75. The van der Waals surface area contributed by atoms with E-state index in [4.69, 9.17) is 5.73 Å². The van der Waals surface area contributed by atoms with Crippen LogP contribution in [0.25, 0.3) is 0 Å². The zero-order chi connectivity index (χ0) is 15.8. The van der Waals surface area contributed by atoms with Crippen LogP contribution in [0.4, 0.5) is 27.6 Å². The quantitative estimate of drug-likeness (QED) is 0.521. The first kappa shape index (κ1) is 15.0. The van der Waals surface area contributed by atoms with Gasteiger partial charge in [0.05, 0.1) is 11.1 Å². The molecule has 0 aliphatic carbocycles. The molecule has 2 nitrogen and oxygen atoms in total. The highest BCUT2D eigenvalue weighted by Crippen LogP contribution is 2.32. The van der Waals surface area contributed by atoms with Gasteiger partial charge in [-0.15, -0.1) is 0 Å². The van der Waals surface area contributed by atoms with Crippen LogP contribution >= 0.6 is 0 Å². The number of nitrogen functional groups attached to an aromatic ring is 1. The summed E-state index contributed by atoms with van der Waals surface area (Å²) in [6, 6.07) is 4.96. The average molecular weight is 301 g/mol. The first-order valence-corrected chi connectivity index (χ1v) is 5.67. The van der Waals surface area contributed by atoms with E-state index >= 15 is 0 Å². The van der Waals surface area contributed by atoms with Crippen LogP contribution in [0.15, 0.2) is 36.4 Å². The van der Waals surface area contributed by atoms with E-state index in [1.807, 2.05) is 0 Å². The van der Waals surface area contributed by atoms with Gasteiger partial charge in [0.25, 0.3) is 0 Å². The number of hydrogen-bond donors (Lipinski definition) is 1. The Labute approximate surface area is 116 Å². The van der Waals surface area contributed by atoms with Gasteiger partial charge in [-0.1, -0.05) is 6.07 Å². The number of nitrogens with two attached hydrogens (primary N) is 1. The normalized spacial score (nSPS) is 11.5. The molecule has 0 aliphatic rings. The second-order valence-corrected chi connectivity index (χ2v) is 4.23. The number of alkyl halides is 3. The van der Waals surface area contributed by atoms with Gasteiger partial charge in [-0.25, -0.2) is 8.78 Å². The summed E-state index contributed by atoms with van der Waals surface area (Å²) in [6.45, 7) is 0. The second kappa shape index (κ2) is 5.16. The van der Waals surface area contributed by atoms with Crippen molar-refractivity contribution in [3.63, 3.8) is 0 Å². The molecule has 7 heteroatoms. The predicted molar refractivity (Wildman–Crippen MR) is 65.6 cm³/mol. The number of benzene rings is 2. The molecule has 0 radical (unpaired) electrons. The summed E-state index contributed by atoms with van der Waals surface area (Å²) in [4.78, 5) is 12.1. The molecule has 0 aliphatic heterocycles. The molecule has 2 aromatic carbocycles. The summed E-state index contributed by atoms with van der Waals surface area (Å²) >= 11 is 0. The molecule has 110 valence electrons. The maximum atomic E-state index is 13.5. The van der Waals surface area contributed by atoms with Crippen molar-refractivity contribution in [3.05, 3.63) is 64.7 Å². The van der Waals surface area contributed by atoms with E-state index in [0.717, 1.165) is 24.3 Å². The molecule has 0 atom stereocenters. The highest BCUT2D eigenvalue weighted by Gasteiger charge is 2.32. The van der Waals surface area contributed by atoms with Crippen molar-refractivity contribution in [2.24, 2.45) is 0 Å². The Morgan fingerprint density at radius 1 is 1.00 bits per heavy atom. The fourth-order valence-corrected chi connectivity index (χ4v) is 1.75. The van der Waals surface area contributed by atoms with E-state index in [9.17, 15) is 26.7 Å². The van der Waals surface area contributed by atoms with E-state index in [2.05, 4.69) is 0 Å². The number of halogens is 5. The van der Waals surface area contributed by atoms with Gasteiger partial charge in [0.15, 0.2) is 17.4 Å². The molecule has 0 spiro atoms. The SMILES string of the molecule is Nc1ccc(C(F)(F)F)cc1C(=O)c1cccc(F)c1F. The number of carbonyl (C=O) groups excluding carboxylic acids is 1. The largest absolute Gasteiger partial charge is 0.416 e. The van der Waals surface area contributed by atoms with Crippen LogP contribution in [0.2, 0.25) is 0 Å². The molecule has 0 bridgehead atoms. The summed E-state index contributed by atoms with van der Waals surface area (Å²) in [5.41, 5.74) is 2.89. The van der Waals surface area contributed by atoms with Gasteiger partial charge >= 0.3 is 6.18 Å². The zero-order valence-corrected chi connectivity index (χ0v) is 10.3. The topological polar surface area (TPSA) is 43.1 Å². The molecule has 2 N–H and O–H groups in total. The van der Waals surface area contributed by atoms with Crippen molar-refractivity contribution < 1.29 is 26.7 Å². The monoisotopic (exact) mass is 301 g/mol. The van der Waals surface area contributed by atoms with E-state index < -0.39 is 40.3 Å². The van der Waals surface area contributed by atoms with Crippen LogP contribution in [0, 0.1) is 11.6 Å². The van der Waals surface area contributed by atoms with Crippen molar-refractivity contribution in [3.8, 4) is 0 Å². The van der Waals surface area contributed by atoms with Gasteiger partial charge in [0.2, 0.25) is 0 Å². The number of anilines is 1. The van der Waals surface area contributed by atoms with Crippen LogP contribution < -0.4 is 5.73 Å². The van der Waals surface area contributed by atoms with Crippen molar-refractivity contribution in [1.29, 1.82) is 0 Å². The maximum absolute atomic E-state index is 13.5. The molecule has 21 heavy (non-hydrogen) atoms. The lowest BCUT2D eigenvalue weighted by Crippen LogP contribution is -2.12. The minimum atomic E-state index is -4.68. The Hall–Kier alpha value is -2.44. The Morgan fingerprint density at radius 3 is 2.29 bits per heavy atom. The molecule has 0 fully saturated rings. The first-order chi connectivity index (χ1) is 9.71. The molecule has 0 aromatic heterocycles. The first-order valence-electron chi connectivity index (χ1n) is 5.67. The lowest BCUT2D eigenvalue weighted by Gasteiger charge is -2.11. The van der Waals surface area contributed by atoms with Crippen molar-refractivity contribution in [2.45, 2.75) is 6.18 Å². The zero-order valence-electron chi connectivity index (χ0n) is 10.3. The summed E-state index contributed by atoms with van der Waals surface area (Å²) < 4.78 is 64.5. The average Bonchev–Trinajstić information content (AvgIpc) is 2.40. The van der Waals surface area contributed by atoms with Crippen LogP contribution in [-0.4, -0.2) is 5.78 Å². The van der Waals surface area contributed by atoms with Crippen LogP contribution in [-0.2, 0) is 6.18 Å². The fraction of sp³-hybridized carbons (Fsp3) is 0.0714. The highest BCUT2D eigenvalue weighted by atomic mass is 19.4. The van der Waals surface area contributed by atoms with E-state index in [0.29, 0.717) is 12.1 Å². The van der Waals surface area contributed by atoms with Gasteiger partial charge < -0.3 is 5.73 Å². The summed E-state index contributed by atoms with van der Waals surface area (Å²) in [5.74, 6) is -3.82. The Morgan fingerprint density at radius 2 is 1.67 bits per heavy atom. The maximum Gasteiger partial charge on any atom is 0.416 e. The summed E-state index contributed by atoms with van der Waals surface area (Å²) in [6.07, 6.45) is -4.68. The Balaban J connectivity index is 2.56. The smallest absolute Gasteiger partial charge is 0.398 e. The van der Waals surface area contributed by atoms with Gasteiger partial charge in [-0.05, 0) is 30.3 Å². The molecule has 0 saturated heterocycles. The van der Waals surface area contributed by atoms with E-state index in [1.54, 1.807) is 0 Å². The van der Waals surface area contributed by atoms with Crippen LogP contribution in [0.5, 0.6) is 0 Å². The molecule has 2 rings (SSSR count). The molecular weight excluding hydrogens is 293 g/mol. The van der Waals surface area contributed by atoms with Crippen molar-refractivity contribution in [2.75, 3.05) is 5.73 Å². The molecular formula is C14H8F5NO. The minimum Gasteiger partial charge on any atom is -0.398 e. The number of ketones is 1. The highest BCUT2D eigenvalue weighted by molar-refractivity contribution is 6.12. The second-order valence-electron chi connectivity index (χ2n) is 4.23.